The second-order valence-corrected chi connectivity index (χ2v) is 10.6. The fraction of sp³-hybridized carbons (Fsp3) is 0.350. The van der Waals surface area contributed by atoms with E-state index < -0.39 is 31.0 Å². The fourth-order valence-corrected chi connectivity index (χ4v) is 6.52. The number of carbonyl (C=O) groups excluding carboxylic acids is 1. The SMILES string of the molecule is [N-]=[N+]=NCC1CN(c2cc(F)c(N3CCP(=O)(c4ccccc4)CC3)c(F)c2)C(=O)O1. The largest absolute Gasteiger partial charge is 0.444 e. The molecule has 1 amide bonds. The number of hydrogen-bond acceptors (Lipinski definition) is 5. The molecule has 0 spiro atoms. The van der Waals surface area contributed by atoms with Gasteiger partial charge in [0.05, 0.1) is 18.8 Å². The zero-order chi connectivity index (χ0) is 22.0. The van der Waals surface area contributed by atoms with Gasteiger partial charge >= 0.3 is 6.09 Å². The van der Waals surface area contributed by atoms with Gasteiger partial charge in [-0.15, -0.1) is 0 Å². The minimum atomic E-state index is -2.60. The Bertz CT molecular complexity index is 1060. The molecule has 2 aromatic carbocycles. The smallest absolute Gasteiger partial charge is 0.414 e. The number of rotatable bonds is 5. The van der Waals surface area contributed by atoms with Gasteiger partial charge in [0.1, 0.15) is 18.9 Å². The standard InChI is InChI=1S/C20H20F2N5O3P/c21-17-10-14(27-13-15(12-24-25-23)30-20(27)28)11-18(22)19(17)26-6-8-31(29,9-7-26)16-4-2-1-3-5-16/h1-5,10-11,15H,6-9,12-13H2. The molecule has 31 heavy (non-hydrogen) atoms. The van der Waals surface area contributed by atoms with Gasteiger partial charge < -0.3 is 14.2 Å². The van der Waals surface area contributed by atoms with Crippen molar-refractivity contribution in [2.75, 3.05) is 48.3 Å². The minimum absolute atomic E-state index is 0.0270. The van der Waals surface area contributed by atoms with Crippen LogP contribution in [0.3, 0.4) is 0 Å². The Hall–Kier alpha value is -3.09. The molecule has 0 aliphatic carbocycles. The number of ether oxygens (including phenoxy) is 1. The normalized spacial score (nSPS) is 20.3. The monoisotopic (exact) mass is 447 g/mol. The molecule has 2 aliphatic rings. The molecule has 2 heterocycles. The van der Waals surface area contributed by atoms with Crippen LogP contribution in [-0.2, 0) is 9.30 Å². The van der Waals surface area contributed by atoms with Gasteiger partial charge in [-0.25, -0.2) is 13.6 Å². The number of hydrogen-bond donors (Lipinski definition) is 0. The van der Waals surface area contributed by atoms with Crippen LogP contribution in [0.4, 0.5) is 25.0 Å². The maximum absolute atomic E-state index is 14.9. The van der Waals surface area contributed by atoms with Gasteiger partial charge in [-0.2, -0.15) is 0 Å². The summed E-state index contributed by atoms with van der Waals surface area (Å²) in [4.78, 5) is 17.3. The predicted octanol–water partition coefficient (Wildman–Crippen LogP) is 4.11. The average Bonchev–Trinajstić information content (AvgIpc) is 3.14. The number of cyclic esters (lactones) is 1. The maximum Gasteiger partial charge on any atom is 0.414 e. The highest BCUT2D eigenvalue weighted by Gasteiger charge is 2.35. The van der Waals surface area contributed by atoms with E-state index in [1.54, 1.807) is 4.90 Å². The third-order valence-corrected chi connectivity index (χ3v) is 8.63. The summed E-state index contributed by atoms with van der Waals surface area (Å²) in [5, 5.41) is 4.15. The number of amides is 1. The Morgan fingerprint density at radius 3 is 2.42 bits per heavy atom. The van der Waals surface area contributed by atoms with Crippen LogP contribution in [0.15, 0.2) is 47.6 Å². The first kappa shape index (κ1) is 21.2. The molecule has 2 saturated heterocycles. The lowest BCUT2D eigenvalue weighted by molar-refractivity contribution is 0.145. The van der Waals surface area contributed by atoms with Gasteiger partial charge in [-0.1, -0.05) is 35.4 Å². The first-order valence-corrected chi connectivity index (χ1v) is 11.9. The van der Waals surface area contributed by atoms with E-state index in [1.807, 2.05) is 30.3 Å². The van der Waals surface area contributed by atoms with Crippen molar-refractivity contribution < 1.29 is 22.9 Å². The lowest BCUT2D eigenvalue weighted by atomic mass is 10.2. The molecule has 11 heteroatoms. The van der Waals surface area contributed by atoms with Crippen molar-refractivity contribution in [3.8, 4) is 0 Å². The molecule has 0 saturated carbocycles. The van der Waals surface area contributed by atoms with Gasteiger partial charge in [0, 0.05) is 47.8 Å². The quantitative estimate of drug-likeness (QED) is 0.298. The predicted molar refractivity (Wildman–Crippen MR) is 114 cm³/mol. The molecular weight excluding hydrogens is 427 g/mol. The molecule has 2 fully saturated rings. The van der Waals surface area contributed by atoms with E-state index >= 15 is 0 Å². The van der Waals surface area contributed by atoms with Gasteiger partial charge in [0.25, 0.3) is 0 Å². The average molecular weight is 447 g/mol. The van der Waals surface area contributed by atoms with Crippen molar-refractivity contribution in [3.05, 3.63) is 64.5 Å². The van der Waals surface area contributed by atoms with Gasteiger partial charge in [0.15, 0.2) is 11.6 Å². The second kappa shape index (κ2) is 8.57. The summed E-state index contributed by atoms with van der Waals surface area (Å²) in [6.07, 6.45) is -0.774. The van der Waals surface area contributed by atoms with Gasteiger partial charge in [-0.05, 0) is 5.53 Å². The first-order chi connectivity index (χ1) is 14.9. The zero-order valence-corrected chi connectivity index (χ0v) is 17.4. The first-order valence-electron chi connectivity index (χ1n) is 9.78. The van der Waals surface area contributed by atoms with E-state index in [-0.39, 0.29) is 37.6 Å². The summed E-state index contributed by atoms with van der Waals surface area (Å²) >= 11 is 0. The molecule has 1 atom stereocenters. The van der Waals surface area contributed by atoms with E-state index in [2.05, 4.69) is 10.0 Å². The molecule has 0 bridgehead atoms. The summed E-state index contributed by atoms with van der Waals surface area (Å²) in [7, 11) is -2.60. The molecule has 162 valence electrons. The highest BCUT2D eigenvalue weighted by molar-refractivity contribution is 7.71. The Morgan fingerprint density at radius 1 is 1.16 bits per heavy atom. The van der Waals surface area contributed by atoms with E-state index in [9.17, 15) is 18.1 Å². The maximum atomic E-state index is 14.9. The summed E-state index contributed by atoms with van der Waals surface area (Å²) in [5.41, 5.74) is 8.22. The zero-order valence-electron chi connectivity index (χ0n) is 16.5. The van der Waals surface area contributed by atoms with Crippen molar-refractivity contribution in [2.24, 2.45) is 5.11 Å². The van der Waals surface area contributed by atoms with E-state index in [0.717, 1.165) is 22.3 Å². The highest BCUT2D eigenvalue weighted by Crippen LogP contribution is 2.47. The number of anilines is 2. The lowest BCUT2D eigenvalue weighted by Gasteiger charge is -2.34. The van der Waals surface area contributed by atoms with Gasteiger partial charge in [0.2, 0.25) is 0 Å². The second-order valence-electron chi connectivity index (χ2n) is 7.45. The van der Waals surface area contributed by atoms with Crippen LogP contribution in [0.2, 0.25) is 0 Å². The summed E-state index contributed by atoms with van der Waals surface area (Å²) in [6, 6.07) is 11.3. The molecule has 0 N–H and O–H groups in total. The molecule has 8 nitrogen and oxygen atoms in total. The molecule has 1 unspecified atom stereocenters. The van der Waals surface area contributed by atoms with Crippen molar-refractivity contribution in [1.29, 1.82) is 0 Å². The van der Waals surface area contributed by atoms with E-state index in [1.165, 1.54) is 0 Å². The molecule has 2 aromatic rings. The topological polar surface area (TPSA) is 98.6 Å². The third kappa shape index (κ3) is 4.22. The van der Waals surface area contributed by atoms with Crippen LogP contribution in [0.5, 0.6) is 0 Å². The Labute approximate surface area is 177 Å². The van der Waals surface area contributed by atoms with Crippen LogP contribution in [0.1, 0.15) is 0 Å². The van der Waals surface area contributed by atoms with Gasteiger partial charge in [-0.3, -0.25) is 4.90 Å². The molecule has 0 radical (unpaired) electrons. The third-order valence-electron chi connectivity index (χ3n) is 5.54. The van der Waals surface area contributed by atoms with Crippen molar-refractivity contribution >= 4 is 29.9 Å². The molecule has 4 rings (SSSR count). The lowest BCUT2D eigenvalue weighted by Crippen LogP contribution is -2.38. The Kier molecular flexibility index (Phi) is 5.85. The minimum Gasteiger partial charge on any atom is -0.444 e. The Morgan fingerprint density at radius 2 is 1.81 bits per heavy atom. The number of azide groups is 1. The van der Waals surface area contributed by atoms with Crippen LogP contribution < -0.4 is 15.1 Å². The summed E-state index contributed by atoms with van der Waals surface area (Å²) < 4.78 is 48.1. The summed E-state index contributed by atoms with van der Waals surface area (Å²) in [5.74, 6) is -1.62. The molecule has 0 aromatic heterocycles. The highest BCUT2D eigenvalue weighted by atomic mass is 31.2. The number of benzene rings is 2. The Balaban J connectivity index is 1.51. The van der Waals surface area contributed by atoms with Crippen molar-refractivity contribution in [2.45, 2.75) is 6.10 Å². The summed E-state index contributed by atoms with van der Waals surface area (Å²) in [6.45, 7) is 0.496. The molecule has 2 aliphatic heterocycles. The van der Waals surface area contributed by atoms with E-state index in [4.69, 9.17) is 10.3 Å². The van der Waals surface area contributed by atoms with Crippen LogP contribution in [0.25, 0.3) is 10.4 Å². The molecular formula is C20H20F2N5O3P. The van der Waals surface area contributed by atoms with Crippen molar-refractivity contribution in [1.82, 2.24) is 0 Å². The number of nitrogens with zero attached hydrogens (tertiary/aromatic N) is 5. The van der Waals surface area contributed by atoms with E-state index in [0.29, 0.717) is 12.3 Å². The van der Waals surface area contributed by atoms with Crippen LogP contribution >= 0.6 is 7.14 Å². The van der Waals surface area contributed by atoms with Crippen LogP contribution in [0, 0.1) is 11.6 Å². The fourth-order valence-electron chi connectivity index (χ4n) is 3.93. The number of halogens is 2. The van der Waals surface area contributed by atoms with Crippen LogP contribution in [-0.4, -0.2) is 50.7 Å². The van der Waals surface area contributed by atoms with Crippen molar-refractivity contribution in [3.63, 3.8) is 0 Å². The number of carbonyl (C=O) groups is 1.